The summed E-state index contributed by atoms with van der Waals surface area (Å²) in [6.07, 6.45) is 0. The predicted octanol–water partition coefficient (Wildman–Crippen LogP) is 8.05. The molecule has 10 nitrogen and oxygen atoms in total. The number of aromatic nitrogens is 2. The van der Waals surface area contributed by atoms with E-state index in [4.69, 9.17) is 0 Å². The Hall–Kier alpha value is -5.51. The van der Waals surface area contributed by atoms with Crippen molar-refractivity contribution < 1.29 is 15.0 Å². The van der Waals surface area contributed by atoms with Crippen molar-refractivity contribution in [2.24, 2.45) is 20.5 Å². The first-order valence-electron chi connectivity index (χ1n) is 12.4. The molecule has 3 N–H and O–H groups in total. The summed E-state index contributed by atoms with van der Waals surface area (Å²) in [6.45, 7) is 5.34. The molecule has 0 aliphatic heterocycles. The predicted molar refractivity (Wildman–Crippen MR) is 153 cm³/mol. The molecule has 0 aliphatic rings. The van der Waals surface area contributed by atoms with Gasteiger partial charge in [-0.3, -0.25) is 4.79 Å². The van der Waals surface area contributed by atoms with E-state index in [1.807, 2.05) is 62.4 Å². The number of benzene rings is 4. The lowest BCUT2D eigenvalue weighted by molar-refractivity contribution is 0.102. The molecule has 4 aromatic carbocycles. The van der Waals surface area contributed by atoms with Gasteiger partial charge in [0.05, 0.1) is 17.1 Å². The molecule has 0 atom stereocenters. The van der Waals surface area contributed by atoms with Crippen LogP contribution in [-0.2, 0) is 0 Å². The molecule has 0 unspecified atom stereocenters. The van der Waals surface area contributed by atoms with Crippen LogP contribution in [0, 0.1) is 20.8 Å². The largest absolute Gasteiger partial charge is 0.492 e. The summed E-state index contributed by atoms with van der Waals surface area (Å²) in [5.41, 5.74) is 4.44. The number of nitrogens with one attached hydrogen (secondary N) is 1. The molecule has 198 valence electrons. The fourth-order valence-corrected chi connectivity index (χ4v) is 4.00. The fraction of sp³-hybridized carbons (Fsp3) is 0.100. The Balaban J connectivity index is 1.27. The number of hydrogen-bond acceptors (Lipinski definition) is 9. The number of fused-ring (bicyclic) bond motifs is 1. The van der Waals surface area contributed by atoms with Crippen LogP contribution in [0.25, 0.3) is 10.8 Å². The molecule has 1 amide bonds. The van der Waals surface area contributed by atoms with Gasteiger partial charge in [0.25, 0.3) is 5.91 Å². The number of amides is 1. The van der Waals surface area contributed by atoms with Crippen molar-refractivity contribution in [1.29, 1.82) is 0 Å². The Morgan fingerprint density at radius 2 is 1.35 bits per heavy atom. The normalized spacial score (nSPS) is 11.5. The zero-order valence-corrected chi connectivity index (χ0v) is 22.0. The Morgan fingerprint density at radius 3 is 2.08 bits per heavy atom. The fourth-order valence-electron chi connectivity index (χ4n) is 4.00. The van der Waals surface area contributed by atoms with Crippen molar-refractivity contribution in [3.8, 4) is 11.8 Å². The summed E-state index contributed by atoms with van der Waals surface area (Å²) in [6, 6.07) is 24.2. The minimum atomic E-state index is -0.475. The van der Waals surface area contributed by atoms with Gasteiger partial charge in [-0.25, -0.2) is 0 Å². The third-order valence-corrected chi connectivity index (χ3v) is 6.15. The summed E-state index contributed by atoms with van der Waals surface area (Å²) in [5.74, 6) is -1.04. The van der Waals surface area contributed by atoms with E-state index in [0.717, 1.165) is 33.3 Å². The number of aryl methyl sites for hydroxylation is 3. The number of hydrogen-bond donors (Lipinski definition) is 3. The highest BCUT2D eigenvalue weighted by molar-refractivity contribution is 6.05. The maximum Gasteiger partial charge on any atom is 0.255 e. The van der Waals surface area contributed by atoms with E-state index in [1.165, 1.54) is 6.92 Å². The van der Waals surface area contributed by atoms with Gasteiger partial charge in [-0.2, -0.15) is 25.3 Å². The molecule has 0 fully saturated rings. The Bertz CT molecular complexity index is 1780. The molecule has 0 saturated carbocycles. The molecule has 5 aromatic rings. The van der Waals surface area contributed by atoms with Crippen LogP contribution >= 0.6 is 0 Å². The van der Waals surface area contributed by atoms with E-state index in [1.54, 1.807) is 24.3 Å². The van der Waals surface area contributed by atoms with E-state index < -0.39 is 11.8 Å². The topological polar surface area (TPSA) is 145 Å². The van der Waals surface area contributed by atoms with Crippen molar-refractivity contribution in [2.75, 3.05) is 5.32 Å². The lowest BCUT2D eigenvalue weighted by Crippen LogP contribution is -2.12. The Labute approximate surface area is 229 Å². The van der Waals surface area contributed by atoms with Crippen LogP contribution in [0.5, 0.6) is 11.8 Å². The lowest BCUT2D eigenvalue weighted by atomic mass is 10.1. The van der Waals surface area contributed by atoms with Gasteiger partial charge < -0.3 is 15.5 Å². The minimum absolute atomic E-state index is 0.204. The molecule has 5 rings (SSSR count). The Kier molecular flexibility index (Phi) is 7.23. The molecule has 0 radical (unpaired) electrons. The van der Waals surface area contributed by atoms with Crippen LogP contribution in [0.1, 0.15) is 27.3 Å². The average molecular weight is 532 g/mol. The van der Waals surface area contributed by atoms with Gasteiger partial charge in [0, 0.05) is 11.3 Å². The number of nitrogens with zero attached hydrogens (tertiary/aromatic N) is 6. The molecule has 40 heavy (non-hydrogen) atoms. The van der Waals surface area contributed by atoms with Crippen molar-refractivity contribution in [2.45, 2.75) is 20.8 Å². The Morgan fingerprint density at radius 1 is 0.700 bits per heavy atom. The summed E-state index contributed by atoms with van der Waals surface area (Å²) < 4.78 is 0. The number of aromatic hydroxyl groups is 2. The van der Waals surface area contributed by atoms with Gasteiger partial charge in [0.1, 0.15) is 5.82 Å². The maximum absolute atomic E-state index is 12.9. The SMILES string of the molecule is Cc1nc(O)c(/N=N/c2ccc(C(=O)Nc3cc(C)c(/N=N/c4ccc5ccccc5c4)cc3C)cc2)c(O)n1. The second-order valence-electron chi connectivity index (χ2n) is 9.15. The highest BCUT2D eigenvalue weighted by Crippen LogP contribution is 2.34. The van der Waals surface area contributed by atoms with Crippen LogP contribution in [0.4, 0.5) is 28.4 Å². The zero-order chi connectivity index (χ0) is 28.2. The molecule has 10 heteroatoms. The minimum Gasteiger partial charge on any atom is -0.492 e. The number of carbonyl (C=O) groups is 1. The molecule has 1 heterocycles. The highest BCUT2D eigenvalue weighted by Gasteiger charge is 2.12. The molecule has 0 aliphatic carbocycles. The second-order valence-corrected chi connectivity index (χ2v) is 9.15. The van der Waals surface area contributed by atoms with E-state index in [9.17, 15) is 15.0 Å². The van der Waals surface area contributed by atoms with Gasteiger partial charge in [-0.1, -0.05) is 30.3 Å². The maximum atomic E-state index is 12.9. The first kappa shape index (κ1) is 26.1. The summed E-state index contributed by atoms with van der Waals surface area (Å²) >= 11 is 0. The van der Waals surface area contributed by atoms with Gasteiger partial charge >= 0.3 is 0 Å². The smallest absolute Gasteiger partial charge is 0.255 e. The third kappa shape index (κ3) is 5.81. The van der Waals surface area contributed by atoms with Crippen LogP contribution in [0.15, 0.2) is 99.3 Å². The van der Waals surface area contributed by atoms with Gasteiger partial charge in [-0.05, 0) is 91.2 Å². The summed E-state index contributed by atoms with van der Waals surface area (Å²) in [7, 11) is 0. The van der Waals surface area contributed by atoms with E-state index >= 15 is 0 Å². The van der Waals surface area contributed by atoms with Crippen molar-refractivity contribution >= 4 is 45.1 Å². The van der Waals surface area contributed by atoms with Crippen molar-refractivity contribution in [3.63, 3.8) is 0 Å². The monoisotopic (exact) mass is 531 g/mol. The first-order chi connectivity index (χ1) is 19.3. The van der Waals surface area contributed by atoms with Crippen LogP contribution < -0.4 is 5.32 Å². The molecular weight excluding hydrogens is 506 g/mol. The van der Waals surface area contributed by atoms with E-state index in [0.29, 0.717) is 16.9 Å². The highest BCUT2D eigenvalue weighted by atomic mass is 16.3. The summed E-state index contributed by atoms with van der Waals surface area (Å²) in [4.78, 5) is 20.4. The molecule has 0 saturated heterocycles. The molecule has 1 aromatic heterocycles. The second kappa shape index (κ2) is 11.1. The number of anilines is 1. The molecule has 0 bridgehead atoms. The number of carbonyl (C=O) groups excluding carboxylic acids is 1. The van der Waals surface area contributed by atoms with Gasteiger partial charge in [-0.15, -0.1) is 5.11 Å². The first-order valence-corrected chi connectivity index (χ1v) is 12.4. The third-order valence-electron chi connectivity index (χ3n) is 6.15. The average Bonchev–Trinajstić information content (AvgIpc) is 2.93. The van der Waals surface area contributed by atoms with E-state index in [2.05, 4.69) is 41.8 Å². The standard InChI is InChI=1S/C30H25N7O3/c1-17-15-26(36-35-24-13-8-20-6-4-5-7-22(20)16-24)18(2)14-25(17)33-28(38)21-9-11-23(12-10-21)34-37-27-29(39)31-19(3)32-30(27)40/h4-16H,1-3H3,(H,33,38)(H2,31,32,39,40)/b36-35+,37-34+. The molecule has 0 spiro atoms. The lowest BCUT2D eigenvalue weighted by Gasteiger charge is -2.11. The van der Waals surface area contributed by atoms with Crippen molar-refractivity contribution in [3.05, 3.63) is 101 Å². The number of azo groups is 2. The van der Waals surface area contributed by atoms with E-state index in [-0.39, 0.29) is 17.4 Å². The quantitative estimate of drug-likeness (QED) is 0.190. The van der Waals surface area contributed by atoms with Gasteiger partial charge in [0.15, 0.2) is 0 Å². The zero-order valence-electron chi connectivity index (χ0n) is 22.0. The molecular formula is C30H25N7O3. The number of rotatable bonds is 6. The van der Waals surface area contributed by atoms with Crippen LogP contribution in [-0.4, -0.2) is 26.1 Å². The summed E-state index contributed by atoms with van der Waals surface area (Å²) in [5, 5.41) is 41.5. The van der Waals surface area contributed by atoms with Crippen LogP contribution in [0.3, 0.4) is 0 Å². The van der Waals surface area contributed by atoms with Crippen LogP contribution in [0.2, 0.25) is 0 Å². The van der Waals surface area contributed by atoms with Gasteiger partial charge in [0.2, 0.25) is 17.4 Å². The van der Waals surface area contributed by atoms with Crippen molar-refractivity contribution in [1.82, 2.24) is 9.97 Å².